The fourth-order valence-corrected chi connectivity index (χ4v) is 2.83. The highest BCUT2D eigenvalue weighted by Crippen LogP contribution is 2.12. The molecule has 1 fully saturated rings. The van der Waals surface area contributed by atoms with Gasteiger partial charge >= 0.3 is 0 Å². The molecule has 0 bridgehead atoms. The lowest BCUT2D eigenvalue weighted by atomic mass is 10.2. The van der Waals surface area contributed by atoms with E-state index in [2.05, 4.69) is 39.3 Å². The number of nitrogens with one attached hydrogen (secondary N) is 1. The standard InChI is InChI=1S/C15H22N6O/c1-19(2)13-4-7-20(10-13)11-14(22)17-8-12-9-18-21-6-3-5-16-15(12)21/h3,5-6,9,13H,4,7-8,10-11H2,1-2H3,(H,17,22)/t13-/m0/s1. The Morgan fingerprint density at radius 2 is 2.36 bits per heavy atom. The number of rotatable bonds is 5. The fraction of sp³-hybridized carbons (Fsp3) is 0.533. The second-order valence-corrected chi connectivity index (χ2v) is 5.98. The Morgan fingerprint density at radius 3 is 3.14 bits per heavy atom. The average Bonchev–Trinajstić information content (AvgIpc) is 3.12. The normalized spacial score (nSPS) is 19.1. The molecule has 1 aliphatic rings. The van der Waals surface area contributed by atoms with E-state index in [4.69, 9.17) is 0 Å². The summed E-state index contributed by atoms with van der Waals surface area (Å²) in [5.41, 5.74) is 1.72. The molecular formula is C15H22N6O. The number of amides is 1. The van der Waals surface area contributed by atoms with Crippen molar-refractivity contribution >= 4 is 11.6 Å². The van der Waals surface area contributed by atoms with Crippen molar-refractivity contribution in [2.24, 2.45) is 0 Å². The Balaban J connectivity index is 1.51. The maximum absolute atomic E-state index is 12.1. The molecule has 0 radical (unpaired) electrons. The van der Waals surface area contributed by atoms with E-state index in [9.17, 15) is 4.79 Å². The number of nitrogens with zero attached hydrogens (tertiary/aromatic N) is 5. The third kappa shape index (κ3) is 3.26. The zero-order chi connectivity index (χ0) is 15.5. The number of hydrogen-bond acceptors (Lipinski definition) is 5. The number of hydrogen-bond donors (Lipinski definition) is 1. The van der Waals surface area contributed by atoms with Gasteiger partial charge in [0.25, 0.3) is 0 Å². The third-order valence-electron chi connectivity index (χ3n) is 4.17. The summed E-state index contributed by atoms with van der Waals surface area (Å²) in [7, 11) is 4.18. The van der Waals surface area contributed by atoms with Crippen molar-refractivity contribution in [3.05, 3.63) is 30.2 Å². The lowest BCUT2D eigenvalue weighted by Crippen LogP contribution is -2.38. The van der Waals surface area contributed by atoms with Gasteiger partial charge in [0.1, 0.15) is 0 Å². The van der Waals surface area contributed by atoms with Gasteiger partial charge in [0, 0.05) is 43.6 Å². The smallest absolute Gasteiger partial charge is 0.234 e. The minimum Gasteiger partial charge on any atom is -0.351 e. The number of carbonyl (C=O) groups excluding carboxylic acids is 1. The van der Waals surface area contributed by atoms with Crippen molar-refractivity contribution in [2.75, 3.05) is 33.7 Å². The predicted octanol–water partition coefficient (Wildman–Crippen LogP) is -0.0186. The maximum atomic E-state index is 12.1. The van der Waals surface area contributed by atoms with Crippen LogP contribution >= 0.6 is 0 Å². The Hall–Kier alpha value is -1.99. The van der Waals surface area contributed by atoms with E-state index in [1.165, 1.54) is 0 Å². The average molecular weight is 302 g/mol. The lowest BCUT2D eigenvalue weighted by Gasteiger charge is -2.20. The van der Waals surface area contributed by atoms with Crippen LogP contribution < -0.4 is 5.32 Å². The molecule has 22 heavy (non-hydrogen) atoms. The Labute approximate surface area is 129 Å². The molecule has 2 aromatic rings. The zero-order valence-corrected chi connectivity index (χ0v) is 13.1. The summed E-state index contributed by atoms with van der Waals surface area (Å²) in [6, 6.07) is 2.38. The second kappa shape index (κ2) is 6.41. The van der Waals surface area contributed by atoms with E-state index in [0.29, 0.717) is 19.1 Å². The number of likely N-dealkylation sites (tertiary alicyclic amines) is 1. The molecule has 3 rings (SSSR count). The van der Waals surface area contributed by atoms with Gasteiger partial charge in [0.15, 0.2) is 5.65 Å². The first-order valence-electron chi connectivity index (χ1n) is 7.56. The van der Waals surface area contributed by atoms with Crippen LogP contribution in [0.2, 0.25) is 0 Å². The molecule has 0 saturated carbocycles. The summed E-state index contributed by atoms with van der Waals surface area (Å²) in [5, 5.41) is 7.18. The number of aromatic nitrogens is 3. The van der Waals surface area contributed by atoms with E-state index >= 15 is 0 Å². The van der Waals surface area contributed by atoms with Gasteiger partial charge in [-0.1, -0.05) is 0 Å². The molecule has 118 valence electrons. The summed E-state index contributed by atoms with van der Waals surface area (Å²) >= 11 is 0. The van der Waals surface area contributed by atoms with Gasteiger partial charge < -0.3 is 10.2 Å². The van der Waals surface area contributed by atoms with Crippen LogP contribution in [-0.4, -0.2) is 70.1 Å². The van der Waals surface area contributed by atoms with E-state index in [1.54, 1.807) is 16.9 Å². The van der Waals surface area contributed by atoms with Gasteiger partial charge in [-0.3, -0.25) is 9.69 Å². The summed E-state index contributed by atoms with van der Waals surface area (Å²) < 4.78 is 1.71. The third-order valence-corrected chi connectivity index (χ3v) is 4.17. The van der Waals surface area contributed by atoms with Crippen LogP contribution in [0.1, 0.15) is 12.0 Å². The summed E-state index contributed by atoms with van der Waals surface area (Å²) in [6.07, 6.45) is 6.45. The first kappa shape index (κ1) is 14.9. The summed E-state index contributed by atoms with van der Waals surface area (Å²) in [4.78, 5) is 20.8. The van der Waals surface area contributed by atoms with Crippen molar-refractivity contribution in [1.82, 2.24) is 29.7 Å². The molecule has 1 aliphatic heterocycles. The summed E-state index contributed by atoms with van der Waals surface area (Å²) in [5.74, 6) is 0.0506. The molecule has 1 N–H and O–H groups in total. The molecule has 1 amide bonds. The number of likely N-dealkylation sites (N-methyl/N-ethyl adjacent to an activating group) is 1. The van der Waals surface area contributed by atoms with Crippen molar-refractivity contribution in [3.63, 3.8) is 0 Å². The maximum Gasteiger partial charge on any atom is 0.234 e. The molecule has 7 nitrogen and oxygen atoms in total. The van der Waals surface area contributed by atoms with Crippen molar-refractivity contribution in [3.8, 4) is 0 Å². The number of carbonyl (C=O) groups is 1. The van der Waals surface area contributed by atoms with Gasteiger partial charge in [-0.15, -0.1) is 0 Å². The molecule has 3 heterocycles. The van der Waals surface area contributed by atoms with Gasteiger partial charge in [-0.2, -0.15) is 5.10 Å². The van der Waals surface area contributed by atoms with Crippen LogP contribution in [0.25, 0.3) is 5.65 Å². The molecule has 0 aromatic carbocycles. The molecule has 0 unspecified atom stereocenters. The van der Waals surface area contributed by atoms with E-state index in [1.807, 2.05) is 12.3 Å². The van der Waals surface area contributed by atoms with Crippen LogP contribution in [0.4, 0.5) is 0 Å². The largest absolute Gasteiger partial charge is 0.351 e. The van der Waals surface area contributed by atoms with Crippen LogP contribution in [-0.2, 0) is 11.3 Å². The minimum atomic E-state index is 0.0506. The topological polar surface area (TPSA) is 65.8 Å². The summed E-state index contributed by atoms with van der Waals surface area (Å²) in [6.45, 7) is 2.86. The SMILES string of the molecule is CN(C)[C@H]1CCN(CC(=O)NCc2cnn3cccnc23)C1. The molecule has 1 saturated heterocycles. The van der Waals surface area contributed by atoms with Crippen molar-refractivity contribution in [2.45, 2.75) is 19.0 Å². The first-order valence-corrected chi connectivity index (χ1v) is 7.56. The number of fused-ring (bicyclic) bond motifs is 1. The quantitative estimate of drug-likeness (QED) is 0.841. The molecule has 2 aromatic heterocycles. The molecule has 7 heteroatoms. The van der Waals surface area contributed by atoms with Gasteiger partial charge in [-0.05, 0) is 26.6 Å². The van der Waals surface area contributed by atoms with Gasteiger partial charge in [0.2, 0.25) is 5.91 Å². The Kier molecular flexibility index (Phi) is 4.35. The predicted molar refractivity (Wildman–Crippen MR) is 83.4 cm³/mol. The van der Waals surface area contributed by atoms with Crippen LogP contribution in [0.15, 0.2) is 24.7 Å². The zero-order valence-electron chi connectivity index (χ0n) is 13.1. The van der Waals surface area contributed by atoms with E-state index < -0.39 is 0 Å². The molecule has 1 atom stereocenters. The monoisotopic (exact) mass is 302 g/mol. The highest BCUT2D eigenvalue weighted by molar-refractivity contribution is 5.78. The fourth-order valence-electron chi connectivity index (χ4n) is 2.83. The van der Waals surface area contributed by atoms with E-state index in [-0.39, 0.29) is 5.91 Å². The van der Waals surface area contributed by atoms with Crippen molar-refractivity contribution < 1.29 is 4.79 Å². The highest BCUT2D eigenvalue weighted by atomic mass is 16.2. The van der Waals surface area contributed by atoms with Crippen LogP contribution in [0.3, 0.4) is 0 Å². The van der Waals surface area contributed by atoms with Gasteiger partial charge in [-0.25, -0.2) is 9.50 Å². The van der Waals surface area contributed by atoms with Crippen molar-refractivity contribution in [1.29, 1.82) is 0 Å². The lowest BCUT2D eigenvalue weighted by molar-refractivity contribution is -0.122. The Bertz CT molecular complexity index is 652. The molecular weight excluding hydrogens is 280 g/mol. The second-order valence-electron chi connectivity index (χ2n) is 5.98. The first-order chi connectivity index (χ1) is 10.6. The molecule has 0 spiro atoms. The molecule has 0 aliphatic carbocycles. The highest BCUT2D eigenvalue weighted by Gasteiger charge is 2.25. The van der Waals surface area contributed by atoms with Crippen LogP contribution in [0, 0.1) is 0 Å². The van der Waals surface area contributed by atoms with Gasteiger partial charge in [0.05, 0.1) is 12.7 Å². The van der Waals surface area contributed by atoms with E-state index in [0.717, 1.165) is 30.7 Å². The minimum absolute atomic E-state index is 0.0506. The Morgan fingerprint density at radius 1 is 1.50 bits per heavy atom. The van der Waals surface area contributed by atoms with Crippen LogP contribution in [0.5, 0.6) is 0 Å².